The normalized spacial score (nSPS) is 11.1. The summed E-state index contributed by atoms with van der Waals surface area (Å²) >= 11 is 0. The maximum absolute atomic E-state index is 12.4. The first-order valence-corrected chi connectivity index (χ1v) is 4.56. The van der Waals surface area contributed by atoms with E-state index in [-0.39, 0.29) is 32.7 Å². The summed E-state index contributed by atoms with van der Waals surface area (Å²) in [6.45, 7) is 1.77. The number of benzene rings is 1. The molecule has 2 rings (SSSR count). The Hall–Kier alpha value is -0.676. The molecule has 2 nitrogen and oxygen atoms in total. The molecule has 0 amide bonds. The van der Waals surface area contributed by atoms with Crippen molar-refractivity contribution in [3.8, 4) is 5.69 Å². The smallest absolute Gasteiger partial charge is 0.361 e. The van der Waals surface area contributed by atoms with Gasteiger partial charge in [-0.25, -0.2) is 4.98 Å². The van der Waals surface area contributed by atoms with Crippen LogP contribution in [0.3, 0.4) is 0 Å². The molecule has 0 saturated carbocycles. The predicted molar refractivity (Wildman–Crippen MR) is 52.1 cm³/mol. The molecule has 1 aromatic carbocycles. The summed E-state index contributed by atoms with van der Waals surface area (Å²) in [5, 5.41) is 0. The second-order valence-electron chi connectivity index (χ2n) is 3.40. The molecule has 87 valence electrons. The molecule has 0 saturated heterocycles. The van der Waals surface area contributed by atoms with E-state index in [0.29, 0.717) is 5.69 Å². The number of imidazole rings is 1. The van der Waals surface area contributed by atoms with Crippen LogP contribution in [0.25, 0.3) is 5.69 Å². The van der Waals surface area contributed by atoms with Gasteiger partial charge in [0.25, 0.3) is 0 Å². The Kier molecular flexibility index (Phi) is 4.50. The first-order chi connectivity index (χ1) is 7.47. The molecule has 0 atom stereocenters. The Labute approximate surface area is 122 Å². The second-order valence-corrected chi connectivity index (χ2v) is 3.40. The van der Waals surface area contributed by atoms with Gasteiger partial charge in [-0.1, -0.05) is 11.3 Å². The average molecular weight is 314 g/mol. The van der Waals surface area contributed by atoms with Crippen LogP contribution >= 0.6 is 0 Å². The van der Waals surface area contributed by atoms with Crippen molar-refractivity contribution in [1.29, 1.82) is 0 Å². The molecule has 0 N–H and O–H groups in total. The van der Waals surface area contributed by atoms with Crippen LogP contribution < -0.4 is 0 Å². The molecule has 0 spiro atoms. The van der Waals surface area contributed by atoms with Gasteiger partial charge in [-0.3, -0.25) is 0 Å². The molecule has 1 radical (unpaired) electrons. The van der Waals surface area contributed by atoms with Gasteiger partial charge in [-0.05, 0) is 6.92 Å². The van der Waals surface area contributed by atoms with Crippen LogP contribution in [0.15, 0.2) is 30.7 Å². The molecule has 0 fully saturated rings. The third-order valence-electron chi connectivity index (χ3n) is 2.11. The zero-order valence-corrected chi connectivity index (χ0v) is 11.8. The van der Waals surface area contributed by atoms with Crippen molar-refractivity contribution in [3.63, 3.8) is 0 Å². The molecular weight excluding hydrogens is 306 g/mol. The van der Waals surface area contributed by atoms with Gasteiger partial charge in [0, 0.05) is 38.9 Å². The van der Waals surface area contributed by atoms with Crippen LogP contribution in [0.1, 0.15) is 11.3 Å². The maximum atomic E-state index is 12.4. The van der Waals surface area contributed by atoms with Crippen molar-refractivity contribution in [3.05, 3.63) is 48.0 Å². The van der Waals surface area contributed by atoms with E-state index in [0.717, 1.165) is 17.8 Å². The van der Waals surface area contributed by atoms with Gasteiger partial charge >= 0.3 is 6.18 Å². The SMILES string of the molecule is Cc1cn(-c2c[c-]cc(C(F)(F)F)c2)cn1.[Y]. The Balaban J connectivity index is 0.00000144. The zero-order chi connectivity index (χ0) is 11.8. The molecule has 1 heterocycles. The van der Waals surface area contributed by atoms with E-state index in [9.17, 15) is 13.2 Å². The van der Waals surface area contributed by atoms with Gasteiger partial charge in [-0.15, -0.1) is 6.07 Å². The van der Waals surface area contributed by atoms with Gasteiger partial charge in [0.1, 0.15) is 0 Å². The Morgan fingerprint density at radius 1 is 1.29 bits per heavy atom. The third-order valence-corrected chi connectivity index (χ3v) is 2.11. The fourth-order valence-electron chi connectivity index (χ4n) is 1.33. The van der Waals surface area contributed by atoms with Gasteiger partial charge < -0.3 is 4.57 Å². The van der Waals surface area contributed by atoms with Gasteiger partial charge in [0.15, 0.2) is 0 Å². The summed E-state index contributed by atoms with van der Waals surface area (Å²) < 4.78 is 38.9. The van der Waals surface area contributed by atoms with E-state index >= 15 is 0 Å². The van der Waals surface area contributed by atoms with Crippen LogP contribution in [0.2, 0.25) is 0 Å². The fraction of sp³-hybridized carbons (Fsp3) is 0.182. The molecule has 17 heavy (non-hydrogen) atoms. The van der Waals surface area contributed by atoms with Crippen LogP contribution in [-0.4, -0.2) is 9.55 Å². The van der Waals surface area contributed by atoms with Gasteiger partial charge in [0.2, 0.25) is 0 Å². The minimum atomic E-state index is -4.35. The number of hydrogen-bond acceptors (Lipinski definition) is 1. The minimum Gasteiger partial charge on any atom is -0.361 e. The molecule has 0 aliphatic carbocycles. The van der Waals surface area contributed by atoms with E-state index in [4.69, 9.17) is 0 Å². The van der Waals surface area contributed by atoms with Gasteiger partial charge in [0.05, 0.1) is 12.0 Å². The number of halogens is 3. The molecule has 6 heteroatoms. The van der Waals surface area contributed by atoms with Crippen molar-refractivity contribution < 1.29 is 45.9 Å². The molecular formula is C11H8F3N2Y-. The Morgan fingerprint density at radius 3 is 2.53 bits per heavy atom. The Morgan fingerprint density at radius 2 is 2.00 bits per heavy atom. The van der Waals surface area contributed by atoms with E-state index in [1.54, 1.807) is 13.1 Å². The summed E-state index contributed by atoms with van der Waals surface area (Å²) in [6.07, 6.45) is -1.22. The monoisotopic (exact) mass is 314 g/mol. The zero-order valence-electron chi connectivity index (χ0n) is 8.99. The van der Waals surface area contributed by atoms with E-state index in [1.165, 1.54) is 17.0 Å². The number of nitrogens with zero attached hydrogens (tertiary/aromatic N) is 2. The molecule has 0 aliphatic rings. The van der Waals surface area contributed by atoms with E-state index in [2.05, 4.69) is 11.1 Å². The van der Waals surface area contributed by atoms with E-state index < -0.39 is 11.7 Å². The second kappa shape index (κ2) is 5.31. The summed E-state index contributed by atoms with van der Waals surface area (Å²) in [5.41, 5.74) is 0.434. The van der Waals surface area contributed by atoms with Crippen LogP contribution in [0, 0.1) is 13.0 Å². The van der Waals surface area contributed by atoms with Crippen molar-refractivity contribution in [2.24, 2.45) is 0 Å². The first kappa shape index (κ1) is 14.4. The van der Waals surface area contributed by atoms with Crippen molar-refractivity contribution in [2.45, 2.75) is 13.1 Å². The summed E-state index contributed by atoms with van der Waals surface area (Å²) in [7, 11) is 0. The summed E-state index contributed by atoms with van der Waals surface area (Å²) in [6, 6.07) is 5.95. The molecule has 0 aliphatic heterocycles. The molecule has 0 bridgehead atoms. The number of aryl methyl sites for hydroxylation is 1. The Bertz CT molecular complexity index is 505. The minimum absolute atomic E-state index is 0. The fourth-order valence-corrected chi connectivity index (χ4v) is 1.33. The van der Waals surface area contributed by atoms with Crippen molar-refractivity contribution >= 4 is 0 Å². The summed E-state index contributed by atoms with van der Waals surface area (Å²) in [5.74, 6) is 0. The summed E-state index contributed by atoms with van der Waals surface area (Å²) in [4.78, 5) is 3.95. The number of aromatic nitrogens is 2. The van der Waals surface area contributed by atoms with Crippen LogP contribution in [0.4, 0.5) is 13.2 Å². The standard InChI is InChI=1S/C11H8F3N2.Y/c1-8-6-16(7-15-8)10-4-2-3-9(5-10)11(12,13)14;/h3-7H,1H3;/q-1;. The molecule has 2 aromatic rings. The van der Waals surface area contributed by atoms with Crippen molar-refractivity contribution in [1.82, 2.24) is 9.55 Å². The third kappa shape index (κ3) is 3.39. The van der Waals surface area contributed by atoms with Crippen LogP contribution in [0.5, 0.6) is 0 Å². The average Bonchev–Trinajstić information content (AvgIpc) is 2.64. The van der Waals surface area contributed by atoms with E-state index in [1.807, 2.05) is 0 Å². The quantitative estimate of drug-likeness (QED) is 0.740. The molecule has 0 unspecified atom stereocenters. The number of rotatable bonds is 1. The molecule has 1 aromatic heterocycles. The number of alkyl halides is 3. The van der Waals surface area contributed by atoms with Gasteiger partial charge in [-0.2, -0.15) is 31.4 Å². The number of hydrogen-bond donors (Lipinski definition) is 0. The topological polar surface area (TPSA) is 17.8 Å². The van der Waals surface area contributed by atoms with Crippen molar-refractivity contribution in [2.75, 3.05) is 0 Å². The first-order valence-electron chi connectivity index (χ1n) is 4.56. The predicted octanol–water partition coefficient (Wildman–Crippen LogP) is 3.00. The largest absolute Gasteiger partial charge is 0.370 e. The maximum Gasteiger partial charge on any atom is 0.370 e. The van der Waals surface area contributed by atoms with Crippen LogP contribution in [-0.2, 0) is 38.9 Å².